The molecule has 0 aliphatic carbocycles. The number of hydrogen-bond acceptors (Lipinski definition) is 4. The van der Waals surface area contributed by atoms with Gasteiger partial charge in [0.05, 0.1) is 10.6 Å². The Morgan fingerprint density at radius 3 is 1.20 bits per heavy atom. The molecule has 1 saturated heterocycles. The van der Waals surface area contributed by atoms with Crippen LogP contribution in [0.25, 0.3) is 0 Å². The van der Waals surface area contributed by atoms with Crippen LogP contribution in [0.2, 0.25) is 0 Å². The van der Waals surface area contributed by atoms with Gasteiger partial charge in [-0.15, -0.1) is 0 Å². The van der Waals surface area contributed by atoms with Gasteiger partial charge in [0.1, 0.15) is 0 Å². The van der Waals surface area contributed by atoms with Gasteiger partial charge in [0.15, 0.2) is 0 Å². The molecule has 60 valence electrons. The molecule has 0 spiro atoms. The van der Waals surface area contributed by atoms with Crippen molar-refractivity contribution in [3.8, 4) is 0 Å². The van der Waals surface area contributed by atoms with E-state index in [0.29, 0.717) is 0 Å². The normalized spacial score (nSPS) is 18.0. The molecule has 0 saturated carbocycles. The van der Waals surface area contributed by atoms with Crippen molar-refractivity contribution in [1.29, 1.82) is 0 Å². The Morgan fingerprint density at radius 1 is 0.800 bits per heavy atom. The van der Waals surface area contributed by atoms with Crippen LogP contribution in [0.5, 0.6) is 0 Å². The fraction of sp³-hybridized carbons (Fsp3) is 1.00. The summed E-state index contributed by atoms with van der Waals surface area (Å²) in [6.45, 7) is 4.56. The van der Waals surface area contributed by atoms with Crippen LogP contribution in [0.4, 0.5) is 0 Å². The standard InChI is InChI=1S/C4H10N2.H2N2O2/c1-2-6-4-3-5-1;3-1-2-4/h5-6H,1-4H2;(H,1,4)(H,2,3). The topological polar surface area (TPSA) is 89.2 Å². The number of nitrogens with zero attached hydrogens (tertiary/aromatic N) is 2. The van der Waals surface area contributed by atoms with Crippen LogP contribution in [-0.2, 0) is 0 Å². The van der Waals surface area contributed by atoms with E-state index < -0.39 is 0 Å². The number of nitrogens with one attached hydrogen (secondary N) is 2. The lowest BCUT2D eigenvalue weighted by Crippen LogP contribution is -2.39. The summed E-state index contributed by atoms with van der Waals surface area (Å²) in [5.41, 5.74) is 0. The molecule has 10 heavy (non-hydrogen) atoms. The second kappa shape index (κ2) is 8.12. The first kappa shape index (κ1) is 9.12. The molecule has 4 N–H and O–H groups in total. The summed E-state index contributed by atoms with van der Waals surface area (Å²) in [6.07, 6.45) is 0. The van der Waals surface area contributed by atoms with E-state index in [2.05, 4.69) is 10.6 Å². The van der Waals surface area contributed by atoms with Gasteiger partial charge in [0.25, 0.3) is 0 Å². The average Bonchev–Trinajstić information content (AvgIpc) is 2.08. The molecule has 0 aromatic heterocycles. The zero-order valence-corrected chi connectivity index (χ0v) is 5.62. The summed E-state index contributed by atoms with van der Waals surface area (Å²) in [4.78, 5) is 0. The van der Waals surface area contributed by atoms with Gasteiger partial charge in [-0.1, -0.05) is 0 Å². The van der Waals surface area contributed by atoms with Crippen LogP contribution >= 0.6 is 0 Å². The molecule has 0 atom stereocenters. The van der Waals surface area contributed by atoms with Crippen molar-refractivity contribution in [2.24, 2.45) is 10.6 Å². The summed E-state index contributed by atoms with van der Waals surface area (Å²) >= 11 is 0. The molecular weight excluding hydrogens is 136 g/mol. The van der Waals surface area contributed by atoms with E-state index >= 15 is 0 Å². The van der Waals surface area contributed by atoms with Gasteiger partial charge in [0, 0.05) is 26.2 Å². The molecule has 0 aromatic carbocycles. The van der Waals surface area contributed by atoms with Crippen molar-refractivity contribution in [3.05, 3.63) is 0 Å². The monoisotopic (exact) mass is 148 g/mol. The number of rotatable bonds is 0. The Labute approximate surface area is 58.9 Å². The lowest BCUT2D eigenvalue weighted by Gasteiger charge is -2.11. The summed E-state index contributed by atoms with van der Waals surface area (Å²) in [6, 6.07) is 0. The van der Waals surface area contributed by atoms with Crippen LogP contribution in [0.1, 0.15) is 0 Å². The van der Waals surface area contributed by atoms with E-state index in [0.717, 1.165) is 26.2 Å². The molecule has 6 heteroatoms. The van der Waals surface area contributed by atoms with Crippen molar-refractivity contribution in [1.82, 2.24) is 10.6 Å². The van der Waals surface area contributed by atoms with Crippen molar-refractivity contribution in [3.63, 3.8) is 0 Å². The van der Waals surface area contributed by atoms with Gasteiger partial charge < -0.3 is 21.0 Å². The lowest BCUT2D eigenvalue weighted by atomic mass is 10.4. The summed E-state index contributed by atoms with van der Waals surface area (Å²) in [5, 5.41) is 24.4. The smallest absolute Gasteiger partial charge is 0.0606 e. The van der Waals surface area contributed by atoms with E-state index in [-0.39, 0.29) is 0 Å². The molecule has 1 fully saturated rings. The quantitative estimate of drug-likeness (QED) is 0.273. The van der Waals surface area contributed by atoms with Gasteiger partial charge in [-0.05, 0) is 0 Å². The van der Waals surface area contributed by atoms with Crippen molar-refractivity contribution < 1.29 is 10.4 Å². The zero-order chi connectivity index (χ0) is 7.66. The second-order valence-electron chi connectivity index (χ2n) is 1.68. The molecule has 0 radical (unpaired) electrons. The van der Waals surface area contributed by atoms with Crippen molar-refractivity contribution in [2.75, 3.05) is 26.2 Å². The minimum Gasteiger partial charge on any atom is -0.392 e. The first-order valence-corrected chi connectivity index (χ1v) is 3.01. The minimum atomic E-state index is 1.14. The highest BCUT2D eigenvalue weighted by Gasteiger charge is 1.91. The minimum absolute atomic E-state index is 1.14. The maximum Gasteiger partial charge on any atom is 0.0606 e. The second-order valence-corrected chi connectivity index (χ2v) is 1.68. The van der Waals surface area contributed by atoms with E-state index in [9.17, 15) is 0 Å². The van der Waals surface area contributed by atoms with Crippen LogP contribution < -0.4 is 10.6 Å². The van der Waals surface area contributed by atoms with Crippen LogP contribution in [-0.4, -0.2) is 36.6 Å². The molecule has 1 aliphatic rings. The molecule has 0 aromatic rings. The third kappa shape index (κ3) is 7.12. The highest BCUT2D eigenvalue weighted by Crippen LogP contribution is 1.65. The van der Waals surface area contributed by atoms with Gasteiger partial charge in [-0.25, -0.2) is 0 Å². The van der Waals surface area contributed by atoms with Crippen LogP contribution in [0, 0.1) is 0 Å². The summed E-state index contributed by atoms with van der Waals surface area (Å²) in [7, 11) is 0. The Morgan fingerprint density at radius 2 is 1.10 bits per heavy atom. The van der Waals surface area contributed by atoms with Gasteiger partial charge in [-0.2, -0.15) is 0 Å². The Kier molecular flexibility index (Phi) is 7.41. The first-order chi connectivity index (χ1) is 4.91. The van der Waals surface area contributed by atoms with Crippen LogP contribution in [0.3, 0.4) is 0 Å². The fourth-order valence-electron chi connectivity index (χ4n) is 0.604. The number of piperazine rings is 1. The molecule has 6 nitrogen and oxygen atoms in total. The van der Waals surface area contributed by atoms with E-state index in [4.69, 9.17) is 10.4 Å². The van der Waals surface area contributed by atoms with E-state index in [1.807, 2.05) is 10.6 Å². The van der Waals surface area contributed by atoms with Crippen molar-refractivity contribution >= 4 is 0 Å². The lowest BCUT2D eigenvalue weighted by molar-refractivity contribution is 0.177. The zero-order valence-electron chi connectivity index (χ0n) is 5.62. The predicted octanol–water partition coefficient (Wildman–Crippen LogP) is -0.604. The van der Waals surface area contributed by atoms with Gasteiger partial charge >= 0.3 is 0 Å². The fourth-order valence-corrected chi connectivity index (χ4v) is 0.604. The maximum absolute atomic E-state index is 7.08. The largest absolute Gasteiger partial charge is 0.392 e. The summed E-state index contributed by atoms with van der Waals surface area (Å²) < 4.78 is 0. The maximum atomic E-state index is 7.08. The molecular formula is C4H12N4O2. The molecule has 0 unspecified atom stereocenters. The summed E-state index contributed by atoms with van der Waals surface area (Å²) in [5.74, 6) is 0. The van der Waals surface area contributed by atoms with Crippen molar-refractivity contribution in [2.45, 2.75) is 0 Å². The molecule has 1 aliphatic heterocycles. The Balaban J connectivity index is 0.000000180. The molecule has 1 rings (SSSR count). The highest BCUT2D eigenvalue weighted by atomic mass is 16.5. The number of hydrogen-bond donors (Lipinski definition) is 4. The predicted molar refractivity (Wildman–Crippen MR) is 34.2 cm³/mol. The first-order valence-electron chi connectivity index (χ1n) is 3.01. The molecule has 0 bridgehead atoms. The third-order valence-corrected chi connectivity index (χ3v) is 0.997. The SMILES string of the molecule is C1CNCCN1.ON=NO. The Hall–Kier alpha value is -0.880. The van der Waals surface area contributed by atoms with Gasteiger partial charge in [-0.3, -0.25) is 0 Å². The highest BCUT2D eigenvalue weighted by molar-refractivity contribution is 4.59. The Bertz CT molecular complexity index is 67.8. The third-order valence-electron chi connectivity index (χ3n) is 0.997. The molecule has 0 amide bonds. The van der Waals surface area contributed by atoms with E-state index in [1.165, 1.54) is 0 Å². The average molecular weight is 148 g/mol. The van der Waals surface area contributed by atoms with E-state index in [1.54, 1.807) is 0 Å². The van der Waals surface area contributed by atoms with Crippen LogP contribution in [0.15, 0.2) is 10.6 Å². The van der Waals surface area contributed by atoms with Gasteiger partial charge in [0.2, 0.25) is 0 Å². The molecule has 1 heterocycles.